The second-order valence-electron chi connectivity index (χ2n) is 4.01. The molecule has 18 heavy (non-hydrogen) atoms. The van der Waals surface area contributed by atoms with Crippen molar-refractivity contribution in [2.45, 2.75) is 18.8 Å². The molecule has 0 saturated carbocycles. The number of alkyl halides is 1. The molecule has 1 unspecified atom stereocenters. The van der Waals surface area contributed by atoms with Crippen molar-refractivity contribution in [2.75, 3.05) is 0 Å². The fraction of sp³-hybridized carbons (Fsp3) is 0.250. The predicted octanol–water partition coefficient (Wildman–Crippen LogP) is 2.77. The van der Waals surface area contributed by atoms with Gasteiger partial charge in [-0.15, -0.1) is 11.6 Å². The summed E-state index contributed by atoms with van der Waals surface area (Å²) in [5.41, 5.74) is 1.94. The van der Waals surface area contributed by atoms with E-state index in [4.69, 9.17) is 16.1 Å². The van der Waals surface area contributed by atoms with E-state index in [1.807, 2.05) is 35.8 Å². The molecule has 0 spiro atoms. The highest BCUT2D eigenvalue weighted by atomic mass is 35.5. The van der Waals surface area contributed by atoms with Gasteiger partial charge in [-0.2, -0.15) is 4.98 Å². The van der Waals surface area contributed by atoms with Crippen LogP contribution in [0.5, 0.6) is 0 Å². The Balaban J connectivity index is 2.15. The van der Waals surface area contributed by atoms with Crippen LogP contribution in [-0.4, -0.2) is 19.7 Å². The van der Waals surface area contributed by atoms with Crippen LogP contribution in [0.1, 0.15) is 23.9 Å². The van der Waals surface area contributed by atoms with E-state index in [1.54, 1.807) is 0 Å². The van der Waals surface area contributed by atoms with E-state index in [0.717, 1.165) is 16.9 Å². The highest BCUT2D eigenvalue weighted by molar-refractivity contribution is 6.20. The molecule has 0 radical (unpaired) electrons. The molecule has 5 nitrogen and oxygen atoms in total. The molecule has 0 aliphatic carbocycles. The van der Waals surface area contributed by atoms with E-state index < -0.39 is 0 Å². The van der Waals surface area contributed by atoms with Crippen molar-refractivity contribution < 1.29 is 4.52 Å². The standard InChI is InChI=1S/C12H11ClN4O/c1-8(13)12-15-9-4-2-3-5-10(9)17(12)6-11-14-7-18-16-11/h2-5,7-8H,6H2,1H3. The fourth-order valence-electron chi connectivity index (χ4n) is 1.97. The highest BCUT2D eigenvalue weighted by Crippen LogP contribution is 2.24. The second-order valence-corrected chi connectivity index (χ2v) is 4.66. The predicted molar refractivity (Wildman–Crippen MR) is 67.4 cm³/mol. The zero-order chi connectivity index (χ0) is 12.5. The fourth-order valence-corrected chi connectivity index (χ4v) is 2.13. The first kappa shape index (κ1) is 11.2. The Bertz CT molecular complexity index is 660. The summed E-state index contributed by atoms with van der Waals surface area (Å²) < 4.78 is 6.76. The SMILES string of the molecule is CC(Cl)c1nc2ccccc2n1Cc1ncon1. The lowest BCUT2D eigenvalue weighted by Crippen LogP contribution is -2.06. The van der Waals surface area contributed by atoms with Gasteiger partial charge in [-0.05, 0) is 19.1 Å². The van der Waals surface area contributed by atoms with E-state index in [0.29, 0.717) is 12.4 Å². The maximum absolute atomic E-state index is 6.17. The minimum Gasteiger partial charge on any atom is -0.343 e. The number of hydrogen-bond acceptors (Lipinski definition) is 4. The molecule has 2 heterocycles. The number of benzene rings is 1. The van der Waals surface area contributed by atoms with Crippen molar-refractivity contribution in [3.8, 4) is 0 Å². The minimum absolute atomic E-state index is 0.177. The van der Waals surface area contributed by atoms with Crippen LogP contribution in [-0.2, 0) is 6.54 Å². The van der Waals surface area contributed by atoms with Gasteiger partial charge in [0, 0.05) is 0 Å². The van der Waals surface area contributed by atoms with Gasteiger partial charge in [-0.3, -0.25) is 0 Å². The minimum atomic E-state index is -0.177. The molecule has 0 saturated heterocycles. The lowest BCUT2D eigenvalue weighted by atomic mass is 10.3. The Morgan fingerprint density at radius 2 is 2.22 bits per heavy atom. The molecular weight excluding hydrogens is 252 g/mol. The summed E-state index contributed by atoms with van der Waals surface area (Å²) in [6.07, 6.45) is 1.32. The Kier molecular flexibility index (Phi) is 2.76. The first-order valence-electron chi connectivity index (χ1n) is 5.60. The van der Waals surface area contributed by atoms with Gasteiger partial charge in [0.25, 0.3) is 0 Å². The average Bonchev–Trinajstić information content (AvgIpc) is 2.98. The Hall–Kier alpha value is -1.88. The molecule has 6 heteroatoms. The number of rotatable bonds is 3. The maximum atomic E-state index is 6.17. The van der Waals surface area contributed by atoms with E-state index in [-0.39, 0.29) is 5.38 Å². The van der Waals surface area contributed by atoms with Crippen LogP contribution in [0.3, 0.4) is 0 Å². The largest absolute Gasteiger partial charge is 0.343 e. The highest BCUT2D eigenvalue weighted by Gasteiger charge is 2.15. The van der Waals surface area contributed by atoms with Gasteiger partial charge in [-0.25, -0.2) is 4.98 Å². The zero-order valence-electron chi connectivity index (χ0n) is 9.75. The van der Waals surface area contributed by atoms with Gasteiger partial charge in [0.05, 0.1) is 23.0 Å². The van der Waals surface area contributed by atoms with Gasteiger partial charge >= 0.3 is 0 Å². The molecule has 0 fully saturated rings. The summed E-state index contributed by atoms with van der Waals surface area (Å²) in [6.45, 7) is 2.40. The van der Waals surface area contributed by atoms with Gasteiger partial charge < -0.3 is 9.09 Å². The third-order valence-electron chi connectivity index (χ3n) is 2.75. The Morgan fingerprint density at radius 3 is 2.94 bits per heavy atom. The van der Waals surface area contributed by atoms with Crippen LogP contribution < -0.4 is 0 Å². The summed E-state index contributed by atoms with van der Waals surface area (Å²) in [5.74, 6) is 1.42. The lowest BCUT2D eigenvalue weighted by molar-refractivity contribution is 0.408. The third-order valence-corrected chi connectivity index (χ3v) is 2.94. The molecule has 2 aromatic heterocycles. The van der Waals surface area contributed by atoms with Crippen LogP contribution in [0, 0.1) is 0 Å². The number of nitrogens with zero attached hydrogens (tertiary/aromatic N) is 4. The molecule has 1 aromatic carbocycles. The van der Waals surface area contributed by atoms with Crippen molar-refractivity contribution >= 4 is 22.6 Å². The smallest absolute Gasteiger partial charge is 0.213 e. The van der Waals surface area contributed by atoms with E-state index >= 15 is 0 Å². The lowest BCUT2D eigenvalue weighted by Gasteiger charge is -2.07. The topological polar surface area (TPSA) is 56.7 Å². The van der Waals surface area contributed by atoms with E-state index in [1.165, 1.54) is 6.39 Å². The number of fused-ring (bicyclic) bond motifs is 1. The number of para-hydroxylation sites is 2. The summed E-state index contributed by atoms with van der Waals surface area (Å²) in [7, 11) is 0. The van der Waals surface area contributed by atoms with Gasteiger partial charge in [0.1, 0.15) is 5.82 Å². The molecule has 0 amide bonds. The van der Waals surface area contributed by atoms with Gasteiger partial charge in [-0.1, -0.05) is 17.3 Å². The van der Waals surface area contributed by atoms with E-state index in [2.05, 4.69) is 15.1 Å². The molecule has 0 N–H and O–H groups in total. The van der Waals surface area contributed by atoms with E-state index in [9.17, 15) is 0 Å². The molecular formula is C12H11ClN4O. The van der Waals surface area contributed by atoms with Crippen molar-refractivity contribution in [1.29, 1.82) is 0 Å². The maximum Gasteiger partial charge on any atom is 0.213 e. The number of aromatic nitrogens is 4. The Morgan fingerprint density at radius 1 is 1.39 bits per heavy atom. The molecule has 0 bridgehead atoms. The quantitative estimate of drug-likeness (QED) is 0.681. The summed E-state index contributed by atoms with van der Waals surface area (Å²) in [4.78, 5) is 8.57. The van der Waals surface area contributed by atoms with Crippen LogP contribution in [0.15, 0.2) is 35.2 Å². The Labute approximate surface area is 108 Å². The van der Waals surface area contributed by atoms with Crippen LogP contribution in [0.25, 0.3) is 11.0 Å². The number of hydrogen-bond donors (Lipinski definition) is 0. The van der Waals surface area contributed by atoms with Crippen LogP contribution in [0.4, 0.5) is 0 Å². The van der Waals surface area contributed by atoms with Crippen molar-refractivity contribution in [3.63, 3.8) is 0 Å². The van der Waals surface area contributed by atoms with Gasteiger partial charge in [0.2, 0.25) is 6.39 Å². The molecule has 0 aliphatic rings. The van der Waals surface area contributed by atoms with Crippen LogP contribution in [0.2, 0.25) is 0 Å². The second kappa shape index (κ2) is 4.42. The number of imidazole rings is 1. The molecule has 0 aliphatic heterocycles. The first-order valence-corrected chi connectivity index (χ1v) is 6.04. The summed E-state index contributed by atoms with van der Waals surface area (Å²) in [6, 6.07) is 7.89. The molecule has 1 atom stereocenters. The average molecular weight is 263 g/mol. The molecule has 92 valence electrons. The molecule has 3 rings (SSSR count). The van der Waals surface area contributed by atoms with Crippen molar-refractivity contribution in [3.05, 3.63) is 42.3 Å². The molecule has 3 aromatic rings. The van der Waals surface area contributed by atoms with Crippen molar-refractivity contribution in [1.82, 2.24) is 19.7 Å². The van der Waals surface area contributed by atoms with Crippen molar-refractivity contribution in [2.24, 2.45) is 0 Å². The monoisotopic (exact) mass is 262 g/mol. The van der Waals surface area contributed by atoms with Gasteiger partial charge in [0.15, 0.2) is 5.82 Å². The zero-order valence-corrected chi connectivity index (χ0v) is 10.5. The van der Waals surface area contributed by atoms with Crippen LogP contribution >= 0.6 is 11.6 Å². The summed E-state index contributed by atoms with van der Waals surface area (Å²) >= 11 is 6.17. The number of halogens is 1. The first-order chi connectivity index (χ1) is 8.75. The summed E-state index contributed by atoms with van der Waals surface area (Å²) in [5, 5.41) is 3.64. The third kappa shape index (κ3) is 1.86. The normalized spacial score (nSPS) is 13.0.